The number of hydrogen-bond acceptors (Lipinski definition) is 6. The summed E-state index contributed by atoms with van der Waals surface area (Å²) in [4.78, 5) is 1.24. The van der Waals surface area contributed by atoms with E-state index in [0.717, 1.165) is 10.2 Å². The Kier molecular flexibility index (Phi) is 4.68. The Morgan fingerprint density at radius 2 is 1.96 bits per heavy atom. The number of para-hydroxylation sites is 1. The molecule has 0 aliphatic rings. The minimum absolute atomic E-state index is 0.0857. The smallest absolute Gasteiger partial charge is 0.269 e. The normalized spacial score (nSPS) is 11.0. The maximum Gasteiger partial charge on any atom is 0.269 e. The highest BCUT2D eigenvalue weighted by atomic mass is 79.9. The van der Waals surface area contributed by atoms with Gasteiger partial charge in [0.2, 0.25) is 0 Å². The number of rotatable bonds is 4. The average Bonchev–Trinajstić information content (AvgIpc) is 2.97. The molecular formula is C14H10Br2N6O. The van der Waals surface area contributed by atoms with Gasteiger partial charge < -0.3 is 10.4 Å². The number of halogens is 2. The first-order valence-corrected chi connectivity index (χ1v) is 8.05. The summed E-state index contributed by atoms with van der Waals surface area (Å²) in [5, 5.41) is 28.5. The third-order valence-corrected chi connectivity index (χ3v) is 3.91. The molecule has 0 saturated heterocycles. The van der Waals surface area contributed by atoms with Crippen molar-refractivity contribution in [2.75, 3.05) is 5.32 Å². The first kappa shape index (κ1) is 15.6. The molecule has 7 nitrogen and oxygen atoms in total. The van der Waals surface area contributed by atoms with Crippen molar-refractivity contribution in [3.8, 4) is 5.75 Å². The number of nitrogens with one attached hydrogen (secondary N) is 1. The van der Waals surface area contributed by atoms with Crippen molar-refractivity contribution in [1.29, 1.82) is 0 Å². The van der Waals surface area contributed by atoms with Crippen LogP contribution in [0.3, 0.4) is 0 Å². The van der Waals surface area contributed by atoms with Crippen LogP contribution < -0.4 is 5.32 Å². The van der Waals surface area contributed by atoms with E-state index in [2.05, 4.69) is 57.8 Å². The predicted octanol–water partition coefficient (Wildman–Crippen LogP) is 3.53. The van der Waals surface area contributed by atoms with Gasteiger partial charge in [-0.2, -0.15) is 5.10 Å². The third kappa shape index (κ3) is 3.74. The van der Waals surface area contributed by atoms with Crippen molar-refractivity contribution >= 4 is 49.7 Å². The highest BCUT2D eigenvalue weighted by Gasteiger charge is 2.07. The number of phenolic OH excluding ortho intramolecular Hbond substituents is 1. The van der Waals surface area contributed by atoms with Gasteiger partial charge >= 0.3 is 0 Å². The summed E-state index contributed by atoms with van der Waals surface area (Å²) < 4.78 is 1.37. The molecule has 0 saturated carbocycles. The zero-order valence-corrected chi connectivity index (χ0v) is 14.7. The maximum atomic E-state index is 10.0. The Labute approximate surface area is 148 Å². The largest absolute Gasteiger partial charge is 0.506 e. The van der Waals surface area contributed by atoms with Gasteiger partial charge in [-0.3, -0.25) is 0 Å². The lowest BCUT2D eigenvalue weighted by Crippen LogP contribution is -2.01. The minimum Gasteiger partial charge on any atom is -0.506 e. The van der Waals surface area contributed by atoms with Gasteiger partial charge in [-0.25, -0.2) is 0 Å². The van der Waals surface area contributed by atoms with Gasteiger partial charge in [-0.15, -0.1) is 0 Å². The fraction of sp³-hybridized carbons (Fsp3) is 0. The number of tetrazole rings is 1. The molecule has 0 aliphatic carbocycles. The summed E-state index contributed by atoms with van der Waals surface area (Å²) in [6.07, 6.45) is 1.47. The lowest BCUT2D eigenvalue weighted by Gasteiger charge is -2.04. The first-order valence-electron chi connectivity index (χ1n) is 6.46. The number of aromatic nitrogens is 4. The van der Waals surface area contributed by atoms with E-state index >= 15 is 0 Å². The Morgan fingerprint density at radius 3 is 2.74 bits per heavy atom. The van der Waals surface area contributed by atoms with Crippen LogP contribution in [-0.2, 0) is 0 Å². The Hall–Kier alpha value is -2.26. The molecule has 116 valence electrons. The molecule has 1 heterocycles. The van der Waals surface area contributed by atoms with E-state index < -0.39 is 0 Å². The topological polar surface area (TPSA) is 88.2 Å². The summed E-state index contributed by atoms with van der Waals surface area (Å²) in [5.41, 5.74) is 1.36. The fourth-order valence-electron chi connectivity index (χ4n) is 1.79. The van der Waals surface area contributed by atoms with Crippen LogP contribution >= 0.6 is 31.9 Å². The third-order valence-electron chi connectivity index (χ3n) is 2.85. The van der Waals surface area contributed by atoms with Crippen LogP contribution in [0.15, 0.2) is 56.5 Å². The van der Waals surface area contributed by atoms with Crippen molar-refractivity contribution in [3.63, 3.8) is 0 Å². The first-order chi connectivity index (χ1) is 11.1. The summed E-state index contributed by atoms with van der Waals surface area (Å²) in [6.45, 7) is 0. The molecule has 0 fully saturated rings. The van der Waals surface area contributed by atoms with E-state index in [0.29, 0.717) is 16.0 Å². The minimum atomic E-state index is 0.0857. The van der Waals surface area contributed by atoms with Crippen molar-refractivity contribution in [3.05, 3.63) is 57.0 Å². The predicted molar refractivity (Wildman–Crippen MR) is 94.0 cm³/mol. The van der Waals surface area contributed by atoms with Crippen LogP contribution in [-0.4, -0.2) is 31.6 Å². The van der Waals surface area contributed by atoms with Crippen LogP contribution in [0, 0.1) is 0 Å². The van der Waals surface area contributed by atoms with E-state index in [1.807, 2.05) is 30.3 Å². The fourth-order valence-corrected chi connectivity index (χ4v) is 3.05. The number of hydrogen-bond donors (Lipinski definition) is 2. The van der Waals surface area contributed by atoms with Crippen molar-refractivity contribution in [2.45, 2.75) is 0 Å². The monoisotopic (exact) mass is 436 g/mol. The molecule has 0 unspecified atom stereocenters. The molecule has 0 amide bonds. The molecule has 23 heavy (non-hydrogen) atoms. The van der Waals surface area contributed by atoms with Crippen LogP contribution in [0.5, 0.6) is 5.75 Å². The van der Waals surface area contributed by atoms with E-state index in [1.165, 1.54) is 11.0 Å². The molecule has 0 bridgehead atoms. The second kappa shape index (κ2) is 6.88. The van der Waals surface area contributed by atoms with Crippen LogP contribution in [0.4, 0.5) is 11.6 Å². The number of phenols is 1. The van der Waals surface area contributed by atoms with Gasteiger partial charge in [-0.05, 0) is 50.6 Å². The zero-order valence-electron chi connectivity index (χ0n) is 11.6. The SMILES string of the molecule is Oc1c(Br)cc(Br)cc1C=Nn1nnnc1Nc1ccccc1. The average molecular weight is 438 g/mol. The van der Waals surface area contributed by atoms with Gasteiger partial charge in [0.15, 0.2) is 0 Å². The van der Waals surface area contributed by atoms with Crippen LogP contribution in [0.25, 0.3) is 0 Å². The molecule has 3 aromatic rings. The Bertz CT molecular complexity index is 850. The lowest BCUT2D eigenvalue weighted by atomic mass is 10.2. The summed E-state index contributed by atoms with van der Waals surface area (Å²) in [6, 6.07) is 13.0. The van der Waals surface area contributed by atoms with E-state index in [4.69, 9.17) is 0 Å². The van der Waals surface area contributed by atoms with Crippen LogP contribution in [0.1, 0.15) is 5.56 Å². The zero-order chi connectivity index (χ0) is 16.2. The highest BCUT2D eigenvalue weighted by molar-refractivity contribution is 9.11. The van der Waals surface area contributed by atoms with Gasteiger partial charge in [0, 0.05) is 15.7 Å². The second-order valence-corrected chi connectivity index (χ2v) is 6.22. The van der Waals surface area contributed by atoms with E-state index in [1.54, 1.807) is 12.1 Å². The number of nitrogens with zero attached hydrogens (tertiary/aromatic N) is 5. The van der Waals surface area contributed by atoms with Crippen molar-refractivity contribution < 1.29 is 5.11 Å². The van der Waals surface area contributed by atoms with E-state index in [-0.39, 0.29) is 5.75 Å². The Morgan fingerprint density at radius 1 is 1.17 bits per heavy atom. The molecule has 9 heteroatoms. The highest BCUT2D eigenvalue weighted by Crippen LogP contribution is 2.30. The molecule has 0 radical (unpaired) electrons. The molecular weight excluding hydrogens is 428 g/mol. The van der Waals surface area contributed by atoms with E-state index in [9.17, 15) is 5.11 Å². The molecule has 0 atom stereocenters. The van der Waals surface area contributed by atoms with Gasteiger partial charge in [0.05, 0.1) is 10.7 Å². The summed E-state index contributed by atoms with van der Waals surface area (Å²) in [5.74, 6) is 0.448. The quantitative estimate of drug-likeness (QED) is 0.609. The van der Waals surface area contributed by atoms with Gasteiger partial charge in [0.25, 0.3) is 5.95 Å². The number of benzene rings is 2. The van der Waals surface area contributed by atoms with Crippen molar-refractivity contribution in [2.24, 2.45) is 5.10 Å². The second-order valence-electron chi connectivity index (χ2n) is 4.45. The van der Waals surface area contributed by atoms with Gasteiger partial charge in [-0.1, -0.05) is 44.0 Å². The maximum absolute atomic E-state index is 10.0. The lowest BCUT2D eigenvalue weighted by molar-refractivity contribution is 0.471. The molecule has 0 spiro atoms. The standard InChI is InChI=1S/C14H10Br2N6O/c15-10-6-9(13(23)12(16)7-10)8-17-22-14(19-20-21-22)18-11-4-2-1-3-5-11/h1-8,23H,(H,18,19,21). The molecule has 2 aromatic carbocycles. The summed E-state index contributed by atoms with van der Waals surface area (Å²) >= 11 is 6.64. The van der Waals surface area contributed by atoms with Gasteiger partial charge in [0.1, 0.15) is 5.75 Å². The summed E-state index contributed by atoms with van der Waals surface area (Å²) in [7, 11) is 0. The van der Waals surface area contributed by atoms with Crippen molar-refractivity contribution in [1.82, 2.24) is 20.3 Å². The Balaban J connectivity index is 1.86. The molecule has 3 rings (SSSR count). The molecule has 2 N–H and O–H groups in total. The number of aromatic hydroxyl groups is 1. The molecule has 1 aromatic heterocycles. The molecule has 0 aliphatic heterocycles. The number of anilines is 2. The van der Waals surface area contributed by atoms with Crippen LogP contribution in [0.2, 0.25) is 0 Å².